The van der Waals surface area contributed by atoms with Crippen LogP contribution in [0.25, 0.3) is 0 Å². The highest BCUT2D eigenvalue weighted by molar-refractivity contribution is 7.80. The summed E-state index contributed by atoms with van der Waals surface area (Å²) < 4.78 is 0. The summed E-state index contributed by atoms with van der Waals surface area (Å²) in [6.45, 7) is 0.205. The zero-order valence-corrected chi connectivity index (χ0v) is 9.33. The standard InChI is InChI=1S/C10H13N3O2S/c11-9(16)13-8(6-12-10(14)15)7-4-2-1-3-5-7/h1-5,8,12H,6H2,(H,14,15)(H3,11,13,16). The van der Waals surface area contributed by atoms with Crippen molar-refractivity contribution < 1.29 is 9.90 Å². The van der Waals surface area contributed by atoms with E-state index in [1.807, 2.05) is 30.3 Å². The number of carbonyl (C=O) groups is 1. The molecule has 0 aliphatic heterocycles. The highest BCUT2D eigenvalue weighted by Crippen LogP contribution is 2.10. The van der Waals surface area contributed by atoms with Gasteiger partial charge in [-0.2, -0.15) is 0 Å². The second-order valence-electron chi connectivity index (χ2n) is 3.16. The molecule has 1 rings (SSSR count). The number of rotatable bonds is 4. The van der Waals surface area contributed by atoms with Crippen LogP contribution in [0.3, 0.4) is 0 Å². The van der Waals surface area contributed by atoms with Crippen LogP contribution in [-0.2, 0) is 0 Å². The first-order valence-corrected chi connectivity index (χ1v) is 5.08. The maximum Gasteiger partial charge on any atom is 0.404 e. The predicted octanol–water partition coefficient (Wildman–Crippen LogP) is 0.828. The summed E-state index contributed by atoms with van der Waals surface area (Å²) in [5.41, 5.74) is 6.30. The van der Waals surface area contributed by atoms with E-state index in [-0.39, 0.29) is 17.7 Å². The van der Waals surface area contributed by atoms with Gasteiger partial charge >= 0.3 is 6.09 Å². The third-order valence-corrected chi connectivity index (χ3v) is 2.09. The molecular weight excluding hydrogens is 226 g/mol. The molecule has 0 radical (unpaired) electrons. The van der Waals surface area contributed by atoms with Crippen molar-refractivity contribution in [2.45, 2.75) is 6.04 Å². The molecule has 0 aromatic heterocycles. The molecule has 1 atom stereocenters. The Bertz CT molecular complexity index is 370. The van der Waals surface area contributed by atoms with Crippen LogP contribution < -0.4 is 16.4 Å². The molecule has 0 aliphatic carbocycles. The maximum atomic E-state index is 10.4. The molecule has 6 heteroatoms. The van der Waals surface area contributed by atoms with Crippen LogP contribution in [0.15, 0.2) is 30.3 Å². The minimum Gasteiger partial charge on any atom is -0.465 e. The Morgan fingerprint density at radius 2 is 2.06 bits per heavy atom. The predicted molar refractivity (Wildman–Crippen MR) is 65.1 cm³/mol. The molecule has 86 valence electrons. The largest absolute Gasteiger partial charge is 0.465 e. The molecule has 1 aromatic carbocycles. The van der Waals surface area contributed by atoms with Crippen molar-refractivity contribution in [3.05, 3.63) is 35.9 Å². The fourth-order valence-electron chi connectivity index (χ4n) is 1.30. The van der Waals surface area contributed by atoms with Gasteiger partial charge in [-0.05, 0) is 17.8 Å². The van der Waals surface area contributed by atoms with Crippen molar-refractivity contribution in [3.63, 3.8) is 0 Å². The van der Waals surface area contributed by atoms with E-state index in [2.05, 4.69) is 10.6 Å². The molecule has 1 unspecified atom stereocenters. The fraction of sp³-hybridized carbons (Fsp3) is 0.200. The van der Waals surface area contributed by atoms with Gasteiger partial charge in [0.15, 0.2) is 5.11 Å². The first-order chi connectivity index (χ1) is 7.59. The third-order valence-electron chi connectivity index (χ3n) is 1.98. The lowest BCUT2D eigenvalue weighted by atomic mass is 10.1. The van der Waals surface area contributed by atoms with E-state index in [0.717, 1.165) is 5.56 Å². The molecular formula is C10H13N3O2S. The van der Waals surface area contributed by atoms with Crippen LogP contribution in [0, 0.1) is 0 Å². The zero-order chi connectivity index (χ0) is 12.0. The van der Waals surface area contributed by atoms with E-state index in [0.29, 0.717) is 0 Å². The van der Waals surface area contributed by atoms with Crippen LogP contribution in [0.4, 0.5) is 4.79 Å². The number of nitrogens with one attached hydrogen (secondary N) is 2. The molecule has 0 aliphatic rings. The molecule has 1 amide bonds. The lowest BCUT2D eigenvalue weighted by Crippen LogP contribution is -2.39. The van der Waals surface area contributed by atoms with Gasteiger partial charge in [0, 0.05) is 6.54 Å². The average Bonchev–Trinajstić information content (AvgIpc) is 2.25. The topological polar surface area (TPSA) is 87.4 Å². The van der Waals surface area contributed by atoms with Crippen molar-refractivity contribution in [3.8, 4) is 0 Å². The van der Waals surface area contributed by atoms with Crippen LogP contribution in [0.2, 0.25) is 0 Å². The molecule has 5 N–H and O–H groups in total. The van der Waals surface area contributed by atoms with Gasteiger partial charge < -0.3 is 21.5 Å². The monoisotopic (exact) mass is 239 g/mol. The number of carboxylic acid groups (broad SMARTS) is 1. The first-order valence-electron chi connectivity index (χ1n) is 4.67. The van der Waals surface area contributed by atoms with E-state index >= 15 is 0 Å². The first kappa shape index (κ1) is 12.3. The van der Waals surface area contributed by atoms with Gasteiger partial charge in [0.05, 0.1) is 6.04 Å². The number of amides is 1. The van der Waals surface area contributed by atoms with E-state index in [4.69, 9.17) is 23.1 Å². The number of hydrogen-bond donors (Lipinski definition) is 4. The van der Waals surface area contributed by atoms with Crippen molar-refractivity contribution in [2.75, 3.05) is 6.54 Å². The summed E-state index contributed by atoms with van der Waals surface area (Å²) in [6.07, 6.45) is -1.08. The average molecular weight is 239 g/mol. The number of benzene rings is 1. The maximum absolute atomic E-state index is 10.4. The number of hydrogen-bond acceptors (Lipinski definition) is 2. The Hall–Kier alpha value is -1.82. The summed E-state index contributed by atoms with van der Waals surface area (Å²) in [5, 5.41) is 13.8. The summed E-state index contributed by atoms with van der Waals surface area (Å²) in [4.78, 5) is 10.4. The highest BCUT2D eigenvalue weighted by Gasteiger charge is 2.12. The zero-order valence-electron chi connectivity index (χ0n) is 8.51. The highest BCUT2D eigenvalue weighted by atomic mass is 32.1. The van der Waals surface area contributed by atoms with Gasteiger partial charge in [-0.3, -0.25) is 0 Å². The van der Waals surface area contributed by atoms with Gasteiger partial charge in [0.25, 0.3) is 0 Å². The molecule has 0 bridgehead atoms. The Morgan fingerprint density at radius 3 is 2.56 bits per heavy atom. The molecule has 0 saturated carbocycles. The molecule has 1 aromatic rings. The van der Waals surface area contributed by atoms with Gasteiger partial charge in [-0.1, -0.05) is 30.3 Å². The molecule has 16 heavy (non-hydrogen) atoms. The Kier molecular flexibility index (Phi) is 4.53. The number of thiocarbonyl (C=S) groups is 1. The van der Waals surface area contributed by atoms with Crippen LogP contribution in [-0.4, -0.2) is 22.9 Å². The quantitative estimate of drug-likeness (QED) is 0.585. The minimum atomic E-state index is -1.08. The van der Waals surface area contributed by atoms with Crippen LogP contribution in [0.1, 0.15) is 11.6 Å². The van der Waals surface area contributed by atoms with Gasteiger partial charge in [0.2, 0.25) is 0 Å². The van der Waals surface area contributed by atoms with Crippen molar-refractivity contribution >= 4 is 23.4 Å². The Balaban J connectivity index is 2.71. The summed E-state index contributed by atoms with van der Waals surface area (Å²) in [5.74, 6) is 0. The second-order valence-corrected chi connectivity index (χ2v) is 3.60. The second kappa shape index (κ2) is 5.92. The van der Waals surface area contributed by atoms with E-state index < -0.39 is 6.09 Å². The van der Waals surface area contributed by atoms with E-state index in [1.54, 1.807) is 0 Å². The SMILES string of the molecule is NC(=S)NC(CNC(=O)O)c1ccccc1. The normalized spacial score (nSPS) is 11.5. The fourth-order valence-corrected chi connectivity index (χ4v) is 1.44. The summed E-state index contributed by atoms with van der Waals surface area (Å²) in [6, 6.07) is 9.11. The van der Waals surface area contributed by atoms with Gasteiger partial charge in [-0.25, -0.2) is 4.79 Å². The van der Waals surface area contributed by atoms with Crippen molar-refractivity contribution in [1.29, 1.82) is 0 Å². The minimum absolute atomic E-state index is 0.140. The van der Waals surface area contributed by atoms with Gasteiger partial charge in [0.1, 0.15) is 0 Å². The lowest BCUT2D eigenvalue weighted by Gasteiger charge is -2.18. The summed E-state index contributed by atoms with van der Waals surface area (Å²) >= 11 is 4.74. The smallest absolute Gasteiger partial charge is 0.404 e. The van der Waals surface area contributed by atoms with Crippen molar-refractivity contribution in [1.82, 2.24) is 10.6 Å². The van der Waals surface area contributed by atoms with Crippen molar-refractivity contribution in [2.24, 2.45) is 5.73 Å². The van der Waals surface area contributed by atoms with E-state index in [9.17, 15) is 4.79 Å². The molecule has 0 fully saturated rings. The summed E-state index contributed by atoms with van der Waals surface area (Å²) in [7, 11) is 0. The molecule has 0 spiro atoms. The lowest BCUT2D eigenvalue weighted by molar-refractivity contribution is 0.193. The van der Waals surface area contributed by atoms with Crippen LogP contribution >= 0.6 is 12.2 Å². The Labute approximate surface area is 98.6 Å². The molecule has 0 heterocycles. The Morgan fingerprint density at radius 1 is 1.44 bits per heavy atom. The molecule has 5 nitrogen and oxygen atoms in total. The molecule has 0 saturated heterocycles. The number of nitrogens with two attached hydrogens (primary N) is 1. The van der Waals surface area contributed by atoms with E-state index in [1.165, 1.54) is 0 Å². The van der Waals surface area contributed by atoms with Gasteiger partial charge in [-0.15, -0.1) is 0 Å². The third kappa shape index (κ3) is 4.14. The van der Waals surface area contributed by atoms with Crippen LogP contribution in [0.5, 0.6) is 0 Å².